The normalized spacial score (nSPS) is 14.5. The van der Waals surface area contributed by atoms with E-state index in [1.165, 1.54) is 10.9 Å². The van der Waals surface area contributed by atoms with Gasteiger partial charge in [-0.05, 0) is 50.1 Å². The zero-order valence-electron chi connectivity index (χ0n) is 17.4. The van der Waals surface area contributed by atoms with Crippen molar-refractivity contribution in [3.63, 3.8) is 0 Å². The fourth-order valence-electron chi connectivity index (χ4n) is 4.07. The molecule has 1 amide bonds. The van der Waals surface area contributed by atoms with Crippen LogP contribution in [-0.2, 0) is 17.9 Å². The Kier molecular flexibility index (Phi) is 6.36. The Morgan fingerprint density at radius 2 is 1.94 bits per heavy atom. The van der Waals surface area contributed by atoms with E-state index in [-0.39, 0.29) is 22.4 Å². The molecule has 0 radical (unpaired) electrons. The van der Waals surface area contributed by atoms with E-state index in [0.717, 1.165) is 10.6 Å². The number of piperidine rings is 1. The number of carbonyl (C=O) groups is 1. The standard InChI is InChI=1S/C23H25N3O4S/c1-17-8-9-20(31-17)16-25(15-19-5-4-14-30-19)23(27)18-10-12-24(13-11-18)21-6-2-3-7-22(21)26(28)29/h2-9,14,18H,10-13,15-16H2,1H3. The predicted octanol–water partition coefficient (Wildman–Crippen LogP) is 5.00. The molecule has 0 N–H and O–H groups in total. The minimum absolute atomic E-state index is 0.102. The van der Waals surface area contributed by atoms with Gasteiger partial charge in [-0.1, -0.05) is 12.1 Å². The van der Waals surface area contributed by atoms with Gasteiger partial charge in [-0.25, -0.2) is 0 Å². The number of furan rings is 1. The quantitative estimate of drug-likeness (QED) is 0.382. The maximum atomic E-state index is 13.4. The van der Waals surface area contributed by atoms with Crippen LogP contribution in [0.3, 0.4) is 0 Å². The Hall–Kier alpha value is -3.13. The van der Waals surface area contributed by atoms with Crippen LogP contribution >= 0.6 is 11.3 Å². The lowest BCUT2D eigenvalue weighted by atomic mass is 9.94. The van der Waals surface area contributed by atoms with Crippen molar-refractivity contribution in [3.8, 4) is 0 Å². The van der Waals surface area contributed by atoms with Gasteiger partial charge < -0.3 is 14.2 Å². The van der Waals surface area contributed by atoms with Gasteiger partial charge in [-0.3, -0.25) is 14.9 Å². The number of benzene rings is 1. The molecule has 0 aliphatic carbocycles. The lowest BCUT2D eigenvalue weighted by molar-refractivity contribution is -0.384. The summed E-state index contributed by atoms with van der Waals surface area (Å²) in [4.78, 5) is 30.7. The molecule has 0 atom stereocenters. The highest BCUT2D eigenvalue weighted by molar-refractivity contribution is 7.11. The highest BCUT2D eigenvalue weighted by Crippen LogP contribution is 2.32. The molecule has 4 rings (SSSR count). The largest absolute Gasteiger partial charge is 0.467 e. The smallest absolute Gasteiger partial charge is 0.292 e. The molecule has 7 nitrogen and oxygen atoms in total. The van der Waals surface area contributed by atoms with Crippen LogP contribution in [0.4, 0.5) is 11.4 Å². The van der Waals surface area contributed by atoms with E-state index in [4.69, 9.17) is 4.42 Å². The zero-order valence-corrected chi connectivity index (χ0v) is 18.2. The third kappa shape index (κ3) is 4.96. The lowest BCUT2D eigenvalue weighted by Crippen LogP contribution is -2.42. The van der Waals surface area contributed by atoms with E-state index < -0.39 is 0 Å². The number of nitrogens with zero attached hydrogens (tertiary/aromatic N) is 3. The summed E-state index contributed by atoms with van der Waals surface area (Å²) in [6.07, 6.45) is 2.96. The number of anilines is 1. The summed E-state index contributed by atoms with van der Waals surface area (Å²) in [5.74, 6) is 0.777. The number of carbonyl (C=O) groups excluding carboxylic acids is 1. The summed E-state index contributed by atoms with van der Waals surface area (Å²) in [7, 11) is 0. The Morgan fingerprint density at radius 3 is 2.58 bits per heavy atom. The maximum Gasteiger partial charge on any atom is 0.292 e. The molecule has 162 valence electrons. The van der Waals surface area contributed by atoms with Gasteiger partial charge in [0.2, 0.25) is 5.91 Å². The third-order valence-electron chi connectivity index (χ3n) is 5.64. The molecule has 1 aliphatic rings. The van der Waals surface area contributed by atoms with Crippen molar-refractivity contribution >= 4 is 28.6 Å². The van der Waals surface area contributed by atoms with Crippen LogP contribution in [0.2, 0.25) is 0 Å². The van der Waals surface area contributed by atoms with Crippen molar-refractivity contribution in [2.45, 2.75) is 32.9 Å². The lowest BCUT2D eigenvalue weighted by Gasteiger charge is -2.35. The van der Waals surface area contributed by atoms with Crippen LogP contribution in [0, 0.1) is 23.0 Å². The van der Waals surface area contributed by atoms with Gasteiger partial charge in [0.15, 0.2) is 0 Å². The first-order valence-electron chi connectivity index (χ1n) is 10.4. The Labute approximate surface area is 185 Å². The molecule has 3 aromatic rings. The van der Waals surface area contributed by atoms with Crippen LogP contribution in [0.1, 0.15) is 28.4 Å². The monoisotopic (exact) mass is 439 g/mol. The molecule has 1 aromatic carbocycles. The predicted molar refractivity (Wildman–Crippen MR) is 120 cm³/mol. The van der Waals surface area contributed by atoms with Crippen molar-refractivity contribution in [2.24, 2.45) is 5.92 Å². The van der Waals surface area contributed by atoms with Gasteiger partial charge in [0, 0.05) is 34.8 Å². The molecule has 2 aromatic heterocycles. The molecule has 3 heterocycles. The highest BCUT2D eigenvalue weighted by Gasteiger charge is 2.31. The maximum absolute atomic E-state index is 13.4. The van der Waals surface area contributed by atoms with Crippen LogP contribution < -0.4 is 4.90 Å². The van der Waals surface area contributed by atoms with Crippen LogP contribution in [-0.4, -0.2) is 28.8 Å². The minimum atomic E-state index is -0.347. The SMILES string of the molecule is Cc1ccc(CN(Cc2ccco2)C(=O)C2CCN(c3ccccc3[N+](=O)[O-])CC2)s1. The summed E-state index contributed by atoms with van der Waals surface area (Å²) < 4.78 is 5.49. The summed E-state index contributed by atoms with van der Waals surface area (Å²) in [6, 6.07) is 14.7. The highest BCUT2D eigenvalue weighted by atomic mass is 32.1. The number of hydrogen-bond acceptors (Lipinski definition) is 6. The third-order valence-corrected chi connectivity index (χ3v) is 6.63. The second kappa shape index (κ2) is 9.34. The van der Waals surface area contributed by atoms with Crippen molar-refractivity contribution < 1.29 is 14.1 Å². The number of thiophene rings is 1. The Morgan fingerprint density at radius 1 is 1.16 bits per heavy atom. The van der Waals surface area contributed by atoms with Gasteiger partial charge in [0.05, 0.1) is 24.3 Å². The number of nitro benzene ring substituents is 1. The molecule has 1 aliphatic heterocycles. The minimum Gasteiger partial charge on any atom is -0.467 e. The number of aryl methyl sites for hydroxylation is 1. The molecule has 1 saturated heterocycles. The van der Waals surface area contributed by atoms with Crippen molar-refractivity contribution in [1.82, 2.24) is 4.90 Å². The Bertz CT molecular complexity index is 1040. The second-order valence-electron chi connectivity index (χ2n) is 7.79. The van der Waals surface area contributed by atoms with Gasteiger partial charge in [0.1, 0.15) is 11.4 Å². The molecule has 8 heteroatoms. The van der Waals surface area contributed by atoms with E-state index in [1.807, 2.05) is 28.0 Å². The first kappa shape index (κ1) is 21.1. The van der Waals surface area contributed by atoms with Crippen molar-refractivity contribution in [2.75, 3.05) is 18.0 Å². The van der Waals surface area contributed by atoms with E-state index in [0.29, 0.717) is 44.7 Å². The van der Waals surface area contributed by atoms with Gasteiger partial charge >= 0.3 is 0 Å². The topological polar surface area (TPSA) is 79.8 Å². The zero-order chi connectivity index (χ0) is 21.8. The summed E-state index contributed by atoms with van der Waals surface area (Å²) in [6.45, 7) is 4.29. The number of amides is 1. The van der Waals surface area contributed by atoms with E-state index in [1.54, 1.807) is 29.7 Å². The summed E-state index contributed by atoms with van der Waals surface area (Å²) in [5, 5.41) is 11.4. The first-order valence-corrected chi connectivity index (χ1v) is 11.2. The molecule has 0 spiro atoms. The summed E-state index contributed by atoms with van der Waals surface area (Å²) >= 11 is 1.70. The van der Waals surface area contributed by atoms with Gasteiger partial charge in [-0.2, -0.15) is 0 Å². The van der Waals surface area contributed by atoms with Gasteiger partial charge in [0.25, 0.3) is 5.69 Å². The number of nitro groups is 1. The van der Waals surface area contributed by atoms with Crippen LogP contribution in [0.5, 0.6) is 0 Å². The van der Waals surface area contributed by atoms with E-state index >= 15 is 0 Å². The Balaban J connectivity index is 1.45. The molecule has 1 fully saturated rings. The molecular weight excluding hydrogens is 414 g/mol. The average molecular weight is 440 g/mol. The first-order chi connectivity index (χ1) is 15.0. The molecule has 0 saturated carbocycles. The molecule has 0 bridgehead atoms. The fraction of sp³-hybridized carbons (Fsp3) is 0.348. The summed E-state index contributed by atoms with van der Waals surface area (Å²) in [5.41, 5.74) is 0.736. The van der Waals surface area contributed by atoms with Gasteiger partial charge in [-0.15, -0.1) is 11.3 Å². The van der Waals surface area contributed by atoms with Crippen molar-refractivity contribution in [1.29, 1.82) is 0 Å². The van der Waals surface area contributed by atoms with E-state index in [9.17, 15) is 14.9 Å². The van der Waals surface area contributed by atoms with Crippen molar-refractivity contribution in [3.05, 3.63) is 80.4 Å². The second-order valence-corrected chi connectivity index (χ2v) is 9.17. The average Bonchev–Trinajstić information content (AvgIpc) is 3.44. The molecular formula is C23H25N3O4S. The fourth-order valence-corrected chi connectivity index (χ4v) is 4.98. The van der Waals surface area contributed by atoms with Crippen LogP contribution in [0.15, 0.2) is 59.2 Å². The molecule has 0 unspecified atom stereocenters. The number of rotatable bonds is 7. The van der Waals surface area contributed by atoms with Crippen LogP contribution in [0.25, 0.3) is 0 Å². The number of hydrogen-bond donors (Lipinski definition) is 0. The van der Waals surface area contributed by atoms with E-state index in [2.05, 4.69) is 19.1 Å². The number of para-hydroxylation sites is 2. The molecule has 31 heavy (non-hydrogen) atoms.